The van der Waals surface area contributed by atoms with Gasteiger partial charge in [-0.05, 0) is 39.8 Å². The molecule has 0 unspecified atom stereocenters. The van der Waals surface area contributed by atoms with Crippen LogP contribution >= 0.6 is 11.3 Å². The Morgan fingerprint density at radius 3 is 2.77 bits per heavy atom. The highest BCUT2D eigenvalue weighted by molar-refractivity contribution is 7.09. The summed E-state index contributed by atoms with van der Waals surface area (Å²) in [7, 11) is 0. The molecule has 5 nitrogen and oxygen atoms in total. The highest BCUT2D eigenvalue weighted by Gasteiger charge is 2.30. The lowest BCUT2D eigenvalue weighted by molar-refractivity contribution is -0.0978. The van der Waals surface area contributed by atoms with Crippen molar-refractivity contribution in [1.82, 2.24) is 9.88 Å². The van der Waals surface area contributed by atoms with Crippen molar-refractivity contribution in [2.75, 3.05) is 32.9 Å². The van der Waals surface area contributed by atoms with Gasteiger partial charge < -0.3 is 14.2 Å². The van der Waals surface area contributed by atoms with E-state index in [2.05, 4.69) is 17.2 Å². The zero-order valence-electron chi connectivity index (χ0n) is 13.5. The predicted molar refractivity (Wildman–Crippen MR) is 85.8 cm³/mol. The SMILES string of the molecule is CCO[C@H](C)c1nc(CN2CCC(C3OCCO3)CC2)cs1. The van der Waals surface area contributed by atoms with Gasteiger partial charge in [-0.25, -0.2) is 4.98 Å². The number of hydrogen-bond acceptors (Lipinski definition) is 6. The van der Waals surface area contributed by atoms with Crippen LogP contribution in [0.4, 0.5) is 0 Å². The molecule has 0 aliphatic carbocycles. The van der Waals surface area contributed by atoms with Crippen molar-refractivity contribution in [3.63, 3.8) is 0 Å². The Bertz CT molecular complexity index is 454. The van der Waals surface area contributed by atoms with E-state index in [1.807, 2.05) is 6.92 Å². The first-order valence-electron chi connectivity index (χ1n) is 8.27. The molecule has 0 bridgehead atoms. The Morgan fingerprint density at radius 2 is 2.09 bits per heavy atom. The maximum absolute atomic E-state index is 5.63. The van der Waals surface area contributed by atoms with Crippen LogP contribution in [0.2, 0.25) is 0 Å². The van der Waals surface area contributed by atoms with Crippen molar-refractivity contribution in [3.8, 4) is 0 Å². The Labute approximate surface area is 136 Å². The van der Waals surface area contributed by atoms with E-state index >= 15 is 0 Å². The first kappa shape index (κ1) is 16.3. The number of thiazole rings is 1. The molecule has 2 saturated heterocycles. The molecule has 0 radical (unpaired) electrons. The Hall–Kier alpha value is -0.530. The van der Waals surface area contributed by atoms with Crippen LogP contribution < -0.4 is 0 Å². The summed E-state index contributed by atoms with van der Waals surface area (Å²) < 4.78 is 16.9. The van der Waals surface area contributed by atoms with Crippen LogP contribution in [-0.2, 0) is 20.8 Å². The van der Waals surface area contributed by atoms with Gasteiger partial charge in [0.2, 0.25) is 0 Å². The monoisotopic (exact) mass is 326 g/mol. The largest absolute Gasteiger partial charge is 0.372 e. The van der Waals surface area contributed by atoms with Gasteiger partial charge in [0.05, 0.1) is 18.9 Å². The lowest BCUT2D eigenvalue weighted by atomic mass is 9.96. The molecule has 1 aromatic rings. The minimum absolute atomic E-state index is 0.0417. The van der Waals surface area contributed by atoms with E-state index < -0.39 is 0 Å². The summed E-state index contributed by atoms with van der Waals surface area (Å²) in [5, 5.41) is 3.25. The molecule has 124 valence electrons. The standard InChI is InChI=1S/C16H26N2O3S/c1-3-19-12(2)15-17-14(11-22-15)10-18-6-4-13(5-7-18)16-20-8-9-21-16/h11-13,16H,3-10H2,1-2H3/t12-/m1/s1. The van der Waals surface area contributed by atoms with E-state index in [0.29, 0.717) is 5.92 Å². The number of piperidine rings is 1. The molecule has 3 heterocycles. The van der Waals surface area contributed by atoms with E-state index in [0.717, 1.165) is 57.3 Å². The van der Waals surface area contributed by atoms with Crippen LogP contribution in [0.15, 0.2) is 5.38 Å². The Morgan fingerprint density at radius 1 is 1.36 bits per heavy atom. The van der Waals surface area contributed by atoms with Gasteiger partial charge in [0.15, 0.2) is 6.29 Å². The van der Waals surface area contributed by atoms with Crippen LogP contribution in [0.3, 0.4) is 0 Å². The molecule has 0 amide bonds. The van der Waals surface area contributed by atoms with Crippen LogP contribution in [0.5, 0.6) is 0 Å². The number of nitrogens with zero attached hydrogens (tertiary/aromatic N) is 2. The predicted octanol–water partition coefficient (Wildman–Crippen LogP) is 2.83. The van der Waals surface area contributed by atoms with Crippen molar-refractivity contribution >= 4 is 11.3 Å². The van der Waals surface area contributed by atoms with Crippen LogP contribution in [0, 0.1) is 5.92 Å². The summed E-state index contributed by atoms with van der Waals surface area (Å²) in [5.74, 6) is 0.558. The second-order valence-corrected chi connectivity index (χ2v) is 6.89. The smallest absolute Gasteiger partial charge is 0.160 e. The van der Waals surface area contributed by atoms with Gasteiger partial charge in [0, 0.05) is 24.4 Å². The van der Waals surface area contributed by atoms with Crippen LogP contribution in [0.1, 0.15) is 43.5 Å². The molecular formula is C16H26N2O3S. The third-order valence-corrected chi connectivity index (χ3v) is 5.44. The fourth-order valence-electron chi connectivity index (χ4n) is 3.16. The zero-order chi connectivity index (χ0) is 15.4. The number of ether oxygens (including phenoxy) is 3. The lowest BCUT2D eigenvalue weighted by Gasteiger charge is -2.33. The number of rotatable bonds is 6. The van der Waals surface area contributed by atoms with Gasteiger partial charge >= 0.3 is 0 Å². The summed E-state index contributed by atoms with van der Waals surface area (Å²) in [5.41, 5.74) is 1.17. The second-order valence-electron chi connectivity index (χ2n) is 6.00. The molecule has 0 N–H and O–H groups in total. The Kier molecular flexibility index (Phi) is 5.82. The average molecular weight is 326 g/mol. The fourth-order valence-corrected chi connectivity index (χ4v) is 3.98. The molecule has 22 heavy (non-hydrogen) atoms. The second kappa shape index (κ2) is 7.84. The third-order valence-electron chi connectivity index (χ3n) is 4.38. The first-order valence-corrected chi connectivity index (χ1v) is 9.15. The van der Waals surface area contributed by atoms with Gasteiger partial charge in [0.1, 0.15) is 11.1 Å². The average Bonchev–Trinajstić information content (AvgIpc) is 3.19. The van der Waals surface area contributed by atoms with Crippen molar-refractivity contribution < 1.29 is 14.2 Å². The number of aromatic nitrogens is 1. The summed E-state index contributed by atoms with van der Waals surface area (Å²) in [6.45, 7) is 9.47. The molecule has 0 aromatic carbocycles. The normalized spacial score (nSPS) is 23.2. The molecule has 0 spiro atoms. The fraction of sp³-hybridized carbons (Fsp3) is 0.812. The van der Waals surface area contributed by atoms with E-state index in [1.54, 1.807) is 11.3 Å². The summed E-state index contributed by atoms with van der Waals surface area (Å²) >= 11 is 1.70. The molecule has 2 fully saturated rings. The first-order chi connectivity index (χ1) is 10.8. The van der Waals surface area contributed by atoms with Gasteiger partial charge in [-0.15, -0.1) is 11.3 Å². The van der Waals surface area contributed by atoms with Crippen molar-refractivity contribution in [2.45, 2.75) is 45.6 Å². The summed E-state index contributed by atoms with van der Waals surface area (Å²) in [4.78, 5) is 7.20. The van der Waals surface area contributed by atoms with Gasteiger partial charge in [-0.1, -0.05) is 0 Å². The summed E-state index contributed by atoms with van der Waals surface area (Å²) in [6, 6.07) is 0. The molecular weight excluding hydrogens is 300 g/mol. The minimum atomic E-state index is 0.0417. The summed E-state index contributed by atoms with van der Waals surface area (Å²) in [6.07, 6.45) is 2.44. The molecule has 3 rings (SSSR count). The lowest BCUT2D eigenvalue weighted by Crippen LogP contribution is -2.37. The van der Waals surface area contributed by atoms with Gasteiger partial charge in [-0.2, -0.15) is 0 Å². The minimum Gasteiger partial charge on any atom is -0.372 e. The molecule has 1 aromatic heterocycles. The maximum atomic E-state index is 5.63. The van der Waals surface area contributed by atoms with Crippen LogP contribution in [-0.4, -0.2) is 49.1 Å². The maximum Gasteiger partial charge on any atom is 0.160 e. The number of hydrogen-bond donors (Lipinski definition) is 0. The highest BCUT2D eigenvalue weighted by Crippen LogP contribution is 2.27. The van der Waals surface area contributed by atoms with Gasteiger partial charge in [0.25, 0.3) is 0 Å². The Balaban J connectivity index is 1.46. The molecule has 6 heteroatoms. The van der Waals surface area contributed by atoms with Crippen molar-refractivity contribution in [1.29, 1.82) is 0 Å². The number of likely N-dealkylation sites (tertiary alicyclic amines) is 1. The van der Waals surface area contributed by atoms with Crippen molar-refractivity contribution in [3.05, 3.63) is 16.1 Å². The highest BCUT2D eigenvalue weighted by atomic mass is 32.1. The molecule has 1 atom stereocenters. The zero-order valence-corrected chi connectivity index (χ0v) is 14.3. The van der Waals surface area contributed by atoms with E-state index in [9.17, 15) is 0 Å². The van der Waals surface area contributed by atoms with Gasteiger partial charge in [-0.3, -0.25) is 4.90 Å². The third kappa shape index (κ3) is 4.06. The van der Waals surface area contributed by atoms with E-state index in [1.165, 1.54) is 5.69 Å². The van der Waals surface area contributed by atoms with Crippen LogP contribution in [0.25, 0.3) is 0 Å². The molecule has 2 aliphatic heterocycles. The topological polar surface area (TPSA) is 43.8 Å². The molecule has 2 aliphatic rings. The van der Waals surface area contributed by atoms with Crippen molar-refractivity contribution in [2.24, 2.45) is 5.92 Å². The van der Waals surface area contributed by atoms with E-state index in [-0.39, 0.29) is 12.4 Å². The van der Waals surface area contributed by atoms with E-state index in [4.69, 9.17) is 19.2 Å². The quantitative estimate of drug-likeness (QED) is 0.804. The molecule has 0 saturated carbocycles.